The van der Waals surface area contributed by atoms with Crippen molar-refractivity contribution in [2.75, 3.05) is 6.26 Å². The van der Waals surface area contributed by atoms with Crippen LogP contribution in [0.2, 0.25) is 0 Å². The zero-order valence-corrected chi connectivity index (χ0v) is 8.47. The molecule has 3 N–H and O–H groups in total. The molecule has 2 nitrogen and oxygen atoms in total. The van der Waals surface area contributed by atoms with E-state index < -0.39 is 0 Å². The van der Waals surface area contributed by atoms with Gasteiger partial charge in [0.25, 0.3) is 0 Å². The van der Waals surface area contributed by atoms with E-state index in [1.807, 2.05) is 0 Å². The summed E-state index contributed by atoms with van der Waals surface area (Å²) < 4.78 is 0. The fourth-order valence-corrected chi connectivity index (χ4v) is 1.52. The van der Waals surface area contributed by atoms with Crippen LogP contribution in [0.3, 0.4) is 0 Å². The molecular formula is C10H14N2S. The highest BCUT2D eigenvalue weighted by molar-refractivity contribution is 7.98. The minimum Gasteiger partial charge on any atom is -0.271 e. The lowest BCUT2D eigenvalue weighted by atomic mass is 10.1. The van der Waals surface area contributed by atoms with Gasteiger partial charge in [-0.1, -0.05) is 18.2 Å². The van der Waals surface area contributed by atoms with Crippen molar-refractivity contribution in [2.24, 2.45) is 5.84 Å². The van der Waals surface area contributed by atoms with Crippen molar-refractivity contribution in [3.05, 3.63) is 42.5 Å². The third kappa shape index (κ3) is 2.59. The maximum atomic E-state index is 5.36. The van der Waals surface area contributed by atoms with E-state index in [-0.39, 0.29) is 6.04 Å². The first-order valence-electron chi connectivity index (χ1n) is 4.04. The largest absolute Gasteiger partial charge is 0.271 e. The molecule has 0 aliphatic heterocycles. The fraction of sp³-hybridized carbons (Fsp3) is 0.200. The molecule has 0 saturated carbocycles. The summed E-state index contributed by atoms with van der Waals surface area (Å²) >= 11 is 1.73. The summed E-state index contributed by atoms with van der Waals surface area (Å²) in [5, 5.41) is 0. The number of thioether (sulfide) groups is 1. The van der Waals surface area contributed by atoms with E-state index in [0.29, 0.717) is 0 Å². The van der Waals surface area contributed by atoms with E-state index in [9.17, 15) is 0 Å². The summed E-state index contributed by atoms with van der Waals surface area (Å²) in [6.07, 6.45) is 3.84. The van der Waals surface area contributed by atoms with Crippen molar-refractivity contribution >= 4 is 11.8 Å². The highest BCUT2D eigenvalue weighted by atomic mass is 32.2. The lowest BCUT2D eigenvalue weighted by Crippen LogP contribution is -2.26. The van der Waals surface area contributed by atoms with Crippen molar-refractivity contribution in [2.45, 2.75) is 10.9 Å². The second-order valence-electron chi connectivity index (χ2n) is 2.65. The molecule has 13 heavy (non-hydrogen) atoms. The van der Waals surface area contributed by atoms with Gasteiger partial charge in [-0.15, -0.1) is 18.3 Å². The van der Waals surface area contributed by atoms with Crippen molar-refractivity contribution in [3.63, 3.8) is 0 Å². The Hall–Kier alpha value is -0.770. The number of nitrogens with two attached hydrogens (primary N) is 1. The van der Waals surface area contributed by atoms with Crippen LogP contribution in [0.1, 0.15) is 11.6 Å². The minimum atomic E-state index is 0.0379. The lowest BCUT2D eigenvalue weighted by Gasteiger charge is -2.11. The molecule has 0 spiro atoms. The maximum absolute atomic E-state index is 5.36. The smallest absolute Gasteiger partial charge is 0.0638 e. The molecule has 0 radical (unpaired) electrons. The van der Waals surface area contributed by atoms with Crippen LogP contribution in [-0.2, 0) is 0 Å². The predicted octanol–water partition coefficient (Wildman–Crippen LogP) is 2.10. The summed E-state index contributed by atoms with van der Waals surface area (Å²) in [7, 11) is 0. The van der Waals surface area contributed by atoms with Crippen LogP contribution >= 0.6 is 11.8 Å². The summed E-state index contributed by atoms with van der Waals surface area (Å²) in [4.78, 5) is 1.25. The van der Waals surface area contributed by atoms with Crippen molar-refractivity contribution in [1.29, 1.82) is 0 Å². The Kier molecular flexibility index (Phi) is 4.02. The molecule has 0 aliphatic rings. The van der Waals surface area contributed by atoms with Crippen molar-refractivity contribution in [1.82, 2.24) is 5.43 Å². The monoisotopic (exact) mass is 194 g/mol. The summed E-state index contributed by atoms with van der Waals surface area (Å²) in [5.41, 5.74) is 3.82. The van der Waals surface area contributed by atoms with Crippen LogP contribution in [0.4, 0.5) is 0 Å². The average molecular weight is 194 g/mol. The maximum Gasteiger partial charge on any atom is 0.0638 e. The molecule has 0 bridgehead atoms. The zero-order chi connectivity index (χ0) is 9.68. The quantitative estimate of drug-likeness (QED) is 0.333. The Morgan fingerprint density at radius 3 is 2.46 bits per heavy atom. The van der Waals surface area contributed by atoms with E-state index >= 15 is 0 Å². The first kappa shape index (κ1) is 10.3. The fourth-order valence-electron chi connectivity index (χ4n) is 1.11. The third-order valence-electron chi connectivity index (χ3n) is 1.89. The number of benzene rings is 1. The molecule has 1 atom stereocenters. The molecule has 70 valence electrons. The lowest BCUT2D eigenvalue weighted by molar-refractivity contribution is 0.656. The van der Waals surface area contributed by atoms with Gasteiger partial charge in [-0.2, -0.15) is 0 Å². The van der Waals surface area contributed by atoms with Gasteiger partial charge in [0, 0.05) is 4.90 Å². The first-order valence-corrected chi connectivity index (χ1v) is 5.27. The van der Waals surface area contributed by atoms with Crippen molar-refractivity contribution < 1.29 is 0 Å². The standard InChI is InChI=1S/C10H14N2S/c1-3-10(12-11)8-4-6-9(13-2)7-5-8/h3-7,10,12H,1,11H2,2H3. The molecule has 1 aromatic carbocycles. The SMILES string of the molecule is C=CC(NN)c1ccc(SC)cc1. The molecule has 1 unspecified atom stereocenters. The molecular weight excluding hydrogens is 180 g/mol. The molecule has 0 saturated heterocycles. The Labute approximate surface area is 83.2 Å². The van der Waals surface area contributed by atoms with E-state index in [0.717, 1.165) is 5.56 Å². The van der Waals surface area contributed by atoms with Gasteiger partial charge in [-0.3, -0.25) is 5.84 Å². The van der Waals surface area contributed by atoms with Gasteiger partial charge >= 0.3 is 0 Å². The Morgan fingerprint density at radius 2 is 2.08 bits per heavy atom. The highest BCUT2D eigenvalue weighted by Gasteiger charge is 2.03. The topological polar surface area (TPSA) is 38.0 Å². The van der Waals surface area contributed by atoms with Crippen LogP contribution in [-0.4, -0.2) is 6.26 Å². The van der Waals surface area contributed by atoms with Crippen molar-refractivity contribution in [3.8, 4) is 0 Å². The molecule has 1 rings (SSSR count). The zero-order valence-electron chi connectivity index (χ0n) is 7.66. The van der Waals surface area contributed by atoms with Crippen LogP contribution in [0.25, 0.3) is 0 Å². The van der Waals surface area contributed by atoms with Crippen LogP contribution in [0, 0.1) is 0 Å². The first-order chi connectivity index (χ1) is 6.31. The van der Waals surface area contributed by atoms with Gasteiger partial charge < -0.3 is 0 Å². The van der Waals surface area contributed by atoms with E-state index in [2.05, 4.69) is 42.5 Å². The minimum absolute atomic E-state index is 0.0379. The predicted molar refractivity (Wildman–Crippen MR) is 58.5 cm³/mol. The van der Waals surface area contributed by atoms with Gasteiger partial charge in [0.2, 0.25) is 0 Å². The molecule has 1 aromatic rings. The Balaban J connectivity index is 2.83. The number of hydrogen-bond acceptors (Lipinski definition) is 3. The number of nitrogens with one attached hydrogen (secondary N) is 1. The van der Waals surface area contributed by atoms with E-state index in [1.165, 1.54) is 4.90 Å². The number of hydrazine groups is 1. The third-order valence-corrected chi connectivity index (χ3v) is 2.63. The molecule has 0 aliphatic carbocycles. The molecule has 0 fully saturated rings. The van der Waals surface area contributed by atoms with E-state index in [4.69, 9.17) is 5.84 Å². The molecule has 0 heterocycles. The number of rotatable bonds is 4. The molecule has 3 heteroatoms. The molecule has 0 aromatic heterocycles. The van der Waals surface area contributed by atoms with E-state index in [1.54, 1.807) is 17.8 Å². The van der Waals surface area contributed by atoms with Crippen LogP contribution < -0.4 is 11.3 Å². The van der Waals surface area contributed by atoms with Gasteiger partial charge in [0.05, 0.1) is 6.04 Å². The normalized spacial score (nSPS) is 12.5. The summed E-state index contributed by atoms with van der Waals surface area (Å²) in [6, 6.07) is 8.30. The Morgan fingerprint density at radius 1 is 1.46 bits per heavy atom. The Bertz CT molecular complexity index is 269. The van der Waals surface area contributed by atoms with Gasteiger partial charge in [0.15, 0.2) is 0 Å². The summed E-state index contributed by atoms with van der Waals surface area (Å²) in [6.45, 7) is 3.70. The highest BCUT2D eigenvalue weighted by Crippen LogP contribution is 2.18. The summed E-state index contributed by atoms with van der Waals surface area (Å²) in [5.74, 6) is 5.36. The average Bonchev–Trinajstić information content (AvgIpc) is 2.21. The van der Waals surface area contributed by atoms with Crippen LogP contribution in [0.5, 0.6) is 0 Å². The second-order valence-corrected chi connectivity index (χ2v) is 3.53. The molecule has 0 amide bonds. The van der Waals surface area contributed by atoms with Gasteiger partial charge in [-0.05, 0) is 24.0 Å². The van der Waals surface area contributed by atoms with Crippen LogP contribution in [0.15, 0.2) is 41.8 Å². The number of hydrogen-bond donors (Lipinski definition) is 2. The second kappa shape index (κ2) is 5.07. The van der Waals surface area contributed by atoms with Gasteiger partial charge in [0.1, 0.15) is 0 Å². The van der Waals surface area contributed by atoms with Gasteiger partial charge in [-0.25, -0.2) is 5.43 Å².